The standard InChI is InChI=1S/C12H12Cl2O3/c1-12(2,3)17-11(16)7-4-5-9(13)8(6-15)10(7)14/h4-6H,1-3H3. The predicted octanol–water partition coefficient (Wildman–Crippen LogP) is 3.76. The first kappa shape index (κ1) is 14.0. The lowest BCUT2D eigenvalue weighted by molar-refractivity contribution is 0.00697. The molecule has 3 nitrogen and oxygen atoms in total. The fourth-order valence-corrected chi connectivity index (χ4v) is 1.70. The lowest BCUT2D eigenvalue weighted by atomic mass is 10.1. The lowest BCUT2D eigenvalue weighted by Crippen LogP contribution is -2.24. The fourth-order valence-electron chi connectivity index (χ4n) is 1.17. The molecule has 0 amide bonds. The molecule has 0 aliphatic rings. The summed E-state index contributed by atoms with van der Waals surface area (Å²) in [6.07, 6.45) is 0.512. The van der Waals surface area contributed by atoms with E-state index in [9.17, 15) is 9.59 Å². The molecule has 5 heteroatoms. The van der Waals surface area contributed by atoms with Crippen LogP contribution in [0.2, 0.25) is 10.0 Å². The summed E-state index contributed by atoms with van der Waals surface area (Å²) in [4.78, 5) is 22.6. The van der Waals surface area contributed by atoms with Crippen LogP contribution < -0.4 is 0 Å². The van der Waals surface area contributed by atoms with Crippen molar-refractivity contribution in [3.05, 3.63) is 33.3 Å². The topological polar surface area (TPSA) is 43.4 Å². The summed E-state index contributed by atoms with van der Waals surface area (Å²) in [5.74, 6) is -0.581. The van der Waals surface area contributed by atoms with E-state index in [2.05, 4.69) is 0 Å². The molecular weight excluding hydrogens is 263 g/mol. The number of carbonyl (C=O) groups is 2. The van der Waals surface area contributed by atoms with Crippen LogP contribution in [0, 0.1) is 0 Å². The van der Waals surface area contributed by atoms with Crippen LogP contribution in [0.4, 0.5) is 0 Å². The smallest absolute Gasteiger partial charge is 0.340 e. The Hall–Kier alpha value is -1.06. The number of rotatable bonds is 2. The van der Waals surface area contributed by atoms with Crippen molar-refractivity contribution in [2.75, 3.05) is 0 Å². The van der Waals surface area contributed by atoms with E-state index >= 15 is 0 Å². The minimum atomic E-state index is -0.624. The number of hydrogen-bond acceptors (Lipinski definition) is 3. The molecule has 0 aliphatic heterocycles. The molecule has 1 aromatic carbocycles. The second-order valence-electron chi connectivity index (χ2n) is 4.44. The summed E-state index contributed by atoms with van der Waals surface area (Å²) in [7, 11) is 0. The van der Waals surface area contributed by atoms with Crippen LogP contribution in [-0.2, 0) is 4.74 Å². The van der Waals surface area contributed by atoms with Gasteiger partial charge in [0.05, 0.1) is 21.2 Å². The van der Waals surface area contributed by atoms with Gasteiger partial charge >= 0.3 is 5.97 Å². The maximum atomic E-state index is 11.8. The minimum Gasteiger partial charge on any atom is -0.456 e. The van der Waals surface area contributed by atoms with E-state index in [0.717, 1.165) is 0 Å². The molecule has 92 valence electrons. The normalized spacial score (nSPS) is 11.1. The number of carbonyl (C=O) groups excluding carboxylic acids is 2. The highest BCUT2D eigenvalue weighted by molar-refractivity contribution is 6.40. The Labute approximate surface area is 110 Å². The van der Waals surface area contributed by atoms with Gasteiger partial charge in [0, 0.05) is 0 Å². The van der Waals surface area contributed by atoms with Gasteiger partial charge in [-0.3, -0.25) is 4.79 Å². The quantitative estimate of drug-likeness (QED) is 0.609. The van der Waals surface area contributed by atoms with Gasteiger partial charge in [-0.15, -0.1) is 0 Å². The van der Waals surface area contributed by atoms with Crippen molar-refractivity contribution in [1.82, 2.24) is 0 Å². The summed E-state index contributed by atoms with van der Waals surface area (Å²) in [6, 6.07) is 2.88. The molecule has 0 heterocycles. The third-order valence-corrected chi connectivity index (χ3v) is 2.60. The van der Waals surface area contributed by atoms with E-state index in [1.165, 1.54) is 12.1 Å². The average Bonchev–Trinajstić information content (AvgIpc) is 2.15. The highest BCUT2D eigenvalue weighted by Gasteiger charge is 2.22. The lowest BCUT2D eigenvalue weighted by Gasteiger charge is -2.20. The van der Waals surface area contributed by atoms with Gasteiger partial charge in [0.1, 0.15) is 5.60 Å². The van der Waals surface area contributed by atoms with Crippen LogP contribution in [0.25, 0.3) is 0 Å². The zero-order valence-corrected chi connectivity index (χ0v) is 11.2. The van der Waals surface area contributed by atoms with E-state index in [1.807, 2.05) is 0 Å². The van der Waals surface area contributed by atoms with Crippen molar-refractivity contribution < 1.29 is 14.3 Å². The number of ether oxygens (including phenoxy) is 1. The molecule has 0 unspecified atom stereocenters. The summed E-state index contributed by atoms with van der Waals surface area (Å²) < 4.78 is 5.16. The van der Waals surface area contributed by atoms with Crippen molar-refractivity contribution in [3.63, 3.8) is 0 Å². The Kier molecular flexibility index (Phi) is 4.17. The second-order valence-corrected chi connectivity index (χ2v) is 5.23. The zero-order valence-electron chi connectivity index (χ0n) is 9.71. The van der Waals surface area contributed by atoms with Crippen molar-refractivity contribution >= 4 is 35.5 Å². The first-order valence-electron chi connectivity index (χ1n) is 4.93. The highest BCUT2D eigenvalue weighted by Crippen LogP contribution is 2.28. The number of hydrogen-bond donors (Lipinski definition) is 0. The van der Waals surface area contributed by atoms with E-state index in [0.29, 0.717) is 6.29 Å². The van der Waals surface area contributed by atoms with Gasteiger partial charge in [-0.05, 0) is 32.9 Å². The summed E-state index contributed by atoms with van der Waals surface area (Å²) in [6.45, 7) is 5.24. The van der Waals surface area contributed by atoms with E-state index in [4.69, 9.17) is 27.9 Å². The first-order valence-corrected chi connectivity index (χ1v) is 5.68. The molecule has 0 aromatic heterocycles. The second kappa shape index (κ2) is 5.07. The van der Waals surface area contributed by atoms with Crippen LogP contribution in [0.1, 0.15) is 41.5 Å². The van der Waals surface area contributed by atoms with E-state index < -0.39 is 11.6 Å². The molecule has 0 fully saturated rings. The Morgan fingerprint density at radius 1 is 1.29 bits per heavy atom. The van der Waals surface area contributed by atoms with Gasteiger partial charge in [-0.2, -0.15) is 0 Å². The Balaban J connectivity index is 3.16. The van der Waals surface area contributed by atoms with Crippen molar-refractivity contribution in [3.8, 4) is 0 Å². The van der Waals surface area contributed by atoms with Gasteiger partial charge in [0.15, 0.2) is 6.29 Å². The van der Waals surface area contributed by atoms with Crippen molar-refractivity contribution in [1.29, 1.82) is 0 Å². The average molecular weight is 275 g/mol. The van der Waals surface area contributed by atoms with Gasteiger partial charge in [-0.1, -0.05) is 23.2 Å². The van der Waals surface area contributed by atoms with Gasteiger partial charge < -0.3 is 4.74 Å². The molecule has 17 heavy (non-hydrogen) atoms. The molecule has 0 saturated carbocycles. The molecule has 0 N–H and O–H groups in total. The van der Waals surface area contributed by atoms with Crippen LogP contribution in [-0.4, -0.2) is 17.9 Å². The number of benzene rings is 1. The highest BCUT2D eigenvalue weighted by atomic mass is 35.5. The summed E-state index contributed by atoms with van der Waals surface area (Å²) >= 11 is 11.7. The molecule has 0 spiro atoms. The van der Waals surface area contributed by atoms with E-state index in [-0.39, 0.29) is 21.2 Å². The van der Waals surface area contributed by atoms with Crippen LogP contribution in [0.5, 0.6) is 0 Å². The Morgan fingerprint density at radius 3 is 2.35 bits per heavy atom. The summed E-state index contributed by atoms with van der Waals surface area (Å²) in [5.41, 5.74) is -0.397. The van der Waals surface area contributed by atoms with Gasteiger partial charge in [0.2, 0.25) is 0 Å². The van der Waals surface area contributed by atoms with Gasteiger partial charge in [0.25, 0.3) is 0 Å². The largest absolute Gasteiger partial charge is 0.456 e. The van der Waals surface area contributed by atoms with Crippen molar-refractivity contribution in [2.24, 2.45) is 0 Å². The van der Waals surface area contributed by atoms with E-state index in [1.54, 1.807) is 20.8 Å². The number of halogens is 2. The molecule has 1 aromatic rings. The molecular formula is C12H12Cl2O3. The zero-order chi connectivity index (χ0) is 13.2. The molecule has 1 rings (SSSR count). The molecule has 0 atom stereocenters. The Bertz CT molecular complexity index is 462. The maximum absolute atomic E-state index is 11.8. The minimum absolute atomic E-state index is 0.0155. The third kappa shape index (κ3) is 3.45. The molecule has 0 bridgehead atoms. The third-order valence-electron chi connectivity index (χ3n) is 1.86. The monoisotopic (exact) mass is 274 g/mol. The molecule has 0 saturated heterocycles. The van der Waals surface area contributed by atoms with Crippen molar-refractivity contribution in [2.45, 2.75) is 26.4 Å². The SMILES string of the molecule is CC(C)(C)OC(=O)c1ccc(Cl)c(C=O)c1Cl. The first-order chi connectivity index (χ1) is 7.76. The number of aldehydes is 1. The van der Waals surface area contributed by atoms with Crippen LogP contribution >= 0.6 is 23.2 Å². The fraction of sp³-hybridized carbons (Fsp3) is 0.333. The Morgan fingerprint density at radius 2 is 1.88 bits per heavy atom. The van der Waals surface area contributed by atoms with Crippen LogP contribution in [0.15, 0.2) is 12.1 Å². The molecule has 0 aliphatic carbocycles. The predicted molar refractivity (Wildman–Crippen MR) is 67.0 cm³/mol. The summed E-state index contributed by atoms with van der Waals surface area (Å²) in [5, 5.41) is 0.221. The van der Waals surface area contributed by atoms with Crippen LogP contribution in [0.3, 0.4) is 0 Å². The molecule has 0 radical (unpaired) electrons. The number of esters is 1. The van der Waals surface area contributed by atoms with Gasteiger partial charge in [-0.25, -0.2) is 4.79 Å². The maximum Gasteiger partial charge on any atom is 0.340 e.